The van der Waals surface area contributed by atoms with Crippen molar-refractivity contribution >= 4 is 23.0 Å². The summed E-state index contributed by atoms with van der Waals surface area (Å²) in [5.74, 6) is 0.913. The fraction of sp³-hybridized carbons (Fsp3) is 0.250. The molecule has 0 radical (unpaired) electrons. The molecule has 0 aliphatic carbocycles. The molecule has 0 spiro atoms. The van der Waals surface area contributed by atoms with E-state index < -0.39 is 0 Å². The first kappa shape index (κ1) is 13.3. The van der Waals surface area contributed by atoms with Crippen LogP contribution in [-0.4, -0.2) is 12.6 Å². The highest BCUT2D eigenvalue weighted by Crippen LogP contribution is 2.37. The molecule has 0 fully saturated rings. The van der Waals surface area contributed by atoms with Gasteiger partial charge in [-0.2, -0.15) is 0 Å². The van der Waals surface area contributed by atoms with Crippen molar-refractivity contribution in [2.24, 2.45) is 5.73 Å². The number of fused-ring (bicyclic) bond motifs is 1. The number of nitrogens with two attached hydrogens (primary N) is 1. The van der Waals surface area contributed by atoms with E-state index in [9.17, 15) is 0 Å². The summed E-state index contributed by atoms with van der Waals surface area (Å²) in [5.41, 5.74) is 9.92. The van der Waals surface area contributed by atoms with E-state index in [4.69, 9.17) is 22.1 Å². The quantitative estimate of drug-likeness (QED) is 0.906. The normalized spacial score (nSPS) is 16.6. The van der Waals surface area contributed by atoms with Crippen LogP contribution in [0.5, 0.6) is 5.75 Å². The lowest BCUT2D eigenvalue weighted by Crippen LogP contribution is -2.24. The number of hydrogen-bond acceptors (Lipinski definition) is 3. The highest BCUT2D eigenvalue weighted by atomic mass is 35.5. The van der Waals surface area contributed by atoms with E-state index in [1.54, 1.807) is 0 Å². The number of para-hydroxylation sites is 1. The van der Waals surface area contributed by atoms with Crippen molar-refractivity contribution in [3.63, 3.8) is 0 Å². The molecule has 3 rings (SSSR count). The SMILES string of the molecule is Cc1cc(Nc2cccc3c2OC(CN)C3)ccc1Cl. The predicted molar refractivity (Wildman–Crippen MR) is 83.1 cm³/mol. The van der Waals surface area contributed by atoms with Gasteiger partial charge in [-0.05, 0) is 36.8 Å². The summed E-state index contributed by atoms with van der Waals surface area (Å²) in [6.45, 7) is 2.53. The highest BCUT2D eigenvalue weighted by molar-refractivity contribution is 6.31. The van der Waals surface area contributed by atoms with Crippen LogP contribution in [0.4, 0.5) is 11.4 Å². The van der Waals surface area contributed by atoms with Crippen LogP contribution < -0.4 is 15.8 Å². The molecular weight excluding hydrogens is 272 g/mol. The lowest BCUT2D eigenvalue weighted by molar-refractivity contribution is 0.242. The maximum absolute atomic E-state index is 6.05. The van der Waals surface area contributed by atoms with Gasteiger partial charge in [0.15, 0.2) is 0 Å². The summed E-state index contributed by atoms with van der Waals surface area (Å²) in [7, 11) is 0. The van der Waals surface area contributed by atoms with Crippen molar-refractivity contribution in [3.8, 4) is 5.75 Å². The van der Waals surface area contributed by atoms with Crippen LogP contribution in [0, 0.1) is 6.92 Å². The number of aryl methyl sites for hydroxylation is 1. The van der Waals surface area contributed by atoms with Gasteiger partial charge in [-0.3, -0.25) is 0 Å². The summed E-state index contributed by atoms with van der Waals surface area (Å²) in [6, 6.07) is 12.0. The van der Waals surface area contributed by atoms with E-state index >= 15 is 0 Å². The van der Waals surface area contributed by atoms with Gasteiger partial charge in [-0.25, -0.2) is 0 Å². The van der Waals surface area contributed by atoms with Crippen molar-refractivity contribution in [2.75, 3.05) is 11.9 Å². The molecule has 0 saturated heterocycles. The highest BCUT2D eigenvalue weighted by Gasteiger charge is 2.24. The maximum atomic E-state index is 6.05. The summed E-state index contributed by atoms with van der Waals surface area (Å²) < 4.78 is 5.90. The molecule has 2 aromatic rings. The molecule has 0 amide bonds. The summed E-state index contributed by atoms with van der Waals surface area (Å²) in [5, 5.41) is 4.16. The van der Waals surface area contributed by atoms with Gasteiger partial charge in [0.2, 0.25) is 0 Å². The Hall–Kier alpha value is -1.71. The van der Waals surface area contributed by atoms with Crippen molar-refractivity contribution in [3.05, 3.63) is 52.5 Å². The number of rotatable bonds is 3. The monoisotopic (exact) mass is 288 g/mol. The Balaban J connectivity index is 1.89. The number of hydrogen-bond donors (Lipinski definition) is 2. The second kappa shape index (κ2) is 5.35. The topological polar surface area (TPSA) is 47.3 Å². The Kier molecular flexibility index (Phi) is 3.55. The van der Waals surface area contributed by atoms with E-state index in [1.807, 2.05) is 37.3 Å². The lowest BCUT2D eigenvalue weighted by atomic mass is 10.1. The average molecular weight is 289 g/mol. The molecule has 3 N–H and O–H groups in total. The molecule has 0 saturated carbocycles. The predicted octanol–water partition coefficient (Wildman–Crippen LogP) is 3.65. The molecule has 1 aliphatic heterocycles. The zero-order valence-corrected chi connectivity index (χ0v) is 12.1. The van der Waals surface area contributed by atoms with E-state index in [-0.39, 0.29) is 6.10 Å². The zero-order valence-electron chi connectivity index (χ0n) is 11.3. The Morgan fingerprint density at radius 2 is 2.20 bits per heavy atom. The number of nitrogens with one attached hydrogen (secondary N) is 1. The van der Waals surface area contributed by atoms with Crippen molar-refractivity contribution in [2.45, 2.75) is 19.4 Å². The molecule has 4 heteroatoms. The average Bonchev–Trinajstić information content (AvgIpc) is 2.87. The zero-order chi connectivity index (χ0) is 14.1. The van der Waals surface area contributed by atoms with Crippen LogP contribution in [0.1, 0.15) is 11.1 Å². The van der Waals surface area contributed by atoms with Crippen LogP contribution in [0.2, 0.25) is 5.02 Å². The molecule has 20 heavy (non-hydrogen) atoms. The fourth-order valence-corrected chi connectivity index (χ4v) is 2.56. The minimum Gasteiger partial charge on any atom is -0.486 e. The number of anilines is 2. The number of ether oxygens (including phenoxy) is 1. The van der Waals surface area contributed by atoms with Gasteiger partial charge < -0.3 is 15.8 Å². The molecule has 1 atom stereocenters. The van der Waals surface area contributed by atoms with Crippen LogP contribution in [-0.2, 0) is 6.42 Å². The minimum absolute atomic E-state index is 0.0832. The van der Waals surface area contributed by atoms with Crippen LogP contribution in [0.3, 0.4) is 0 Å². The largest absolute Gasteiger partial charge is 0.486 e. The number of benzene rings is 2. The molecule has 1 heterocycles. The second-order valence-electron chi connectivity index (χ2n) is 5.06. The van der Waals surface area contributed by atoms with Gasteiger partial charge in [-0.15, -0.1) is 0 Å². The van der Waals surface area contributed by atoms with E-state index in [0.29, 0.717) is 6.54 Å². The van der Waals surface area contributed by atoms with E-state index in [1.165, 1.54) is 5.56 Å². The smallest absolute Gasteiger partial charge is 0.146 e. The minimum atomic E-state index is 0.0832. The van der Waals surface area contributed by atoms with Gasteiger partial charge in [0.05, 0.1) is 5.69 Å². The Morgan fingerprint density at radius 1 is 1.35 bits per heavy atom. The molecule has 2 aromatic carbocycles. The third-order valence-corrected chi connectivity index (χ3v) is 3.95. The van der Waals surface area contributed by atoms with Gasteiger partial charge in [-0.1, -0.05) is 23.7 Å². The number of halogens is 1. The van der Waals surface area contributed by atoms with Gasteiger partial charge in [0, 0.05) is 29.2 Å². The van der Waals surface area contributed by atoms with Gasteiger partial charge in [0.1, 0.15) is 11.9 Å². The summed E-state index contributed by atoms with van der Waals surface area (Å²) >= 11 is 6.05. The first-order chi connectivity index (χ1) is 9.67. The summed E-state index contributed by atoms with van der Waals surface area (Å²) in [4.78, 5) is 0. The molecule has 0 aromatic heterocycles. The fourth-order valence-electron chi connectivity index (χ4n) is 2.45. The Bertz CT molecular complexity index is 642. The lowest BCUT2D eigenvalue weighted by Gasteiger charge is -2.13. The second-order valence-corrected chi connectivity index (χ2v) is 5.47. The van der Waals surface area contributed by atoms with Crippen molar-refractivity contribution < 1.29 is 4.74 Å². The van der Waals surface area contributed by atoms with Crippen LogP contribution in [0.15, 0.2) is 36.4 Å². The van der Waals surface area contributed by atoms with E-state index in [2.05, 4.69) is 11.4 Å². The Labute approximate surface area is 123 Å². The first-order valence-corrected chi connectivity index (χ1v) is 7.07. The molecule has 0 bridgehead atoms. The van der Waals surface area contributed by atoms with Gasteiger partial charge in [0.25, 0.3) is 0 Å². The van der Waals surface area contributed by atoms with Gasteiger partial charge >= 0.3 is 0 Å². The van der Waals surface area contributed by atoms with E-state index in [0.717, 1.165) is 34.1 Å². The molecule has 3 nitrogen and oxygen atoms in total. The summed E-state index contributed by atoms with van der Waals surface area (Å²) in [6.07, 6.45) is 0.959. The van der Waals surface area contributed by atoms with Crippen LogP contribution in [0.25, 0.3) is 0 Å². The van der Waals surface area contributed by atoms with Crippen molar-refractivity contribution in [1.29, 1.82) is 0 Å². The molecule has 1 unspecified atom stereocenters. The molecular formula is C16H17ClN2O. The Morgan fingerprint density at radius 3 is 2.95 bits per heavy atom. The molecule has 1 aliphatic rings. The maximum Gasteiger partial charge on any atom is 0.146 e. The molecule has 104 valence electrons. The third-order valence-electron chi connectivity index (χ3n) is 3.53. The van der Waals surface area contributed by atoms with Crippen LogP contribution >= 0.6 is 11.6 Å². The van der Waals surface area contributed by atoms with Crippen molar-refractivity contribution in [1.82, 2.24) is 0 Å². The third kappa shape index (κ3) is 2.47. The first-order valence-electron chi connectivity index (χ1n) is 6.69. The standard InChI is InChI=1S/C16H17ClN2O/c1-10-7-12(5-6-14(10)17)19-15-4-2-3-11-8-13(9-18)20-16(11)15/h2-7,13,19H,8-9,18H2,1H3.